The van der Waals surface area contributed by atoms with Gasteiger partial charge in [-0.25, -0.2) is 4.98 Å². The minimum absolute atomic E-state index is 0.0436. The second-order valence-electron chi connectivity index (χ2n) is 11.8. The number of ether oxygens (including phenoxy) is 2. The summed E-state index contributed by atoms with van der Waals surface area (Å²) in [5, 5.41) is 2.78. The number of nitrogens with zero attached hydrogens (tertiary/aromatic N) is 4. The number of carbonyl (C=O) groups excluding carboxylic acids is 1. The van der Waals surface area contributed by atoms with E-state index in [4.69, 9.17) is 9.47 Å². The first-order valence-corrected chi connectivity index (χ1v) is 14.6. The highest BCUT2D eigenvalue weighted by molar-refractivity contribution is 5.97. The Labute approximate surface area is 247 Å². The molecular weight excluding hydrogens is 559 g/mol. The number of hydrogen-bond donors (Lipinski definition) is 1. The first-order valence-electron chi connectivity index (χ1n) is 14.6. The molecule has 224 valence electrons. The third kappa shape index (κ3) is 5.71. The Morgan fingerprint density at radius 1 is 1.07 bits per heavy atom. The van der Waals surface area contributed by atoms with Crippen LogP contribution in [-0.4, -0.2) is 66.2 Å². The summed E-state index contributed by atoms with van der Waals surface area (Å²) < 4.78 is 54.9. The number of pyridine rings is 1. The number of piperazine rings is 1. The fraction of sp³-hybridized carbons (Fsp3) is 0.406. The molecule has 5 heterocycles. The summed E-state index contributed by atoms with van der Waals surface area (Å²) in [4.78, 5) is 25.0. The van der Waals surface area contributed by atoms with E-state index in [0.717, 1.165) is 43.1 Å². The molecule has 4 aliphatic rings. The Kier molecular flexibility index (Phi) is 7.09. The second kappa shape index (κ2) is 10.9. The summed E-state index contributed by atoms with van der Waals surface area (Å²) in [6.45, 7) is 4.33. The molecule has 1 N–H and O–H groups in total. The van der Waals surface area contributed by atoms with Gasteiger partial charge in [-0.2, -0.15) is 13.2 Å². The van der Waals surface area contributed by atoms with Crippen molar-refractivity contribution in [2.45, 2.75) is 38.4 Å². The molecule has 1 saturated heterocycles. The highest BCUT2D eigenvalue weighted by Crippen LogP contribution is 2.44. The van der Waals surface area contributed by atoms with E-state index in [-0.39, 0.29) is 17.5 Å². The van der Waals surface area contributed by atoms with Crippen LogP contribution >= 0.6 is 0 Å². The van der Waals surface area contributed by atoms with Gasteiger partial charge in [0.05, 0.1) is 17.9 Å². The number of amides is 1. The molecule has 43 heavy (non-hydrogen) atoms. The van der Waals surface area contributed by atoms with Crippen molar-refractivity contribution < 1.29 is 27.4 Å². The van der Waals surface area contributed by atoms with Crippen molar-refractivity contribution >= 4 is 23.1 Å². The molecule has 8 nitrogen and oxygen atoms in total. The molecule has 11 heteroatoms. The maximum atomic E-state index is 14.2. The van der Waals surface area contributed by atoms with Gasteiger partial charge in [-0.05, 0) is 66.9 Å². The van der Waals surface area contributed by atoms with Gasteiger partial charge in [0.25, 0.3) is 0 Å². The Hall–Kier alpha value is -3.96. The second-order valence-corrected chi connectivity index (χ2v) is 11.8. The van der Waals surface area contributed by atoms with E-state index in [9.17, 15) is 18.0 Å². The number of likely N-dealkylation sites (N-methyl/N-ethyl adjacent to an activating group) is 1. The summed E-state index contributed by atoms with van der Waals surface area (Å²) >= 11 is 0. The number of carbonyl (C=O) groups is 1. The lowest BCUT2D eigenvalue weighted by molar-refractivity contribution is -0.137. The lowest BCUT2D eigenvalue weighted by Gasteiger charge is -2.32. The number of nitrogens with one attached hydrogen (secondary N) is 1. The van der Waals surface area contributed by atoms with Gasteiger partial charge in [0.2, 0.25) is 5.91 Å². The molecule has 2 aromatic carbocycles. The van der Waals surface area contributed by atoms with Crippen LogP contribution in [0, 0.1) is 5.92 Å². The molecule has 0 radical (unpaired) electrons. The predicted octanol–water partition coefficient (Wildman–Crippen LogP) is 5.40. The molecule has 3 aromatic rings. The number of alkyl halides is 3. The number of fused-ring (bicyclic) bond motifs is 3. The number of rotatable bonds is 5. The predicted molar refractivity (Wildman–Crippen MR) is 155 cm³/mol. The van der Waals surface area contributed by atoms with Gasteiger partial charge in [0.15, 0.2) is 0 Å². The number of hydrogen-bond acceptors (Lipinski definition) is 7. The molecule has 0 bridgehead atoms. The van der Waals surface area contributed by atoms with Crippen molar-refractivity contribution in [3.63, 3.8) is 0 Å². The summed E-state index contributed by atoms with van der Waals surface area (Å²) in [7, 11) is 2.06. The van der Waals surface area contributed by atoms with Crippen molar-refractivity contribution in [3.8, 4) is 17.2 Å². The molecule has 1 atom stereocenters. The first kappa shape index (κ1) is 27.8. The Bertz CT molecular complexity index is 1610. The maximum Gasteiger partial charge on any atom is 0.418 e. The van der Waals surface area contributed by atoms with Crippen molar-refractivity contribution in [1.82, 2.24) is 14.8 Å². The lowest BCUT2D eigenvalue weighted by atomic mass is 9.90. The largest absolute Gasteiger partial charge is 0.493 e. The van der Waals surface area contributed by atoms with Crippen molar-refractivity contribution in [3.05, 3.63) is 70.4 Å². The Balaban J connectivity index is 1.10. The summed E-state index contributed by atoms with van der Waals surface area (Å²) in [6, 6.07) is 10.6. The molecule has 1 aromatic heterocycles. The van der Waals surface area contributed by atoms with Crippen LogP contribution in [0.5, 0.6) is 17.2 Å². The van der Waals surface area contributed by atoms with Crippen LogP contribution in [0.2, 0.25) is 0 Å². The minimum Gasteiger partial charge on any atom is -0.493 e. The molecule has 1 amide bonds. The number of halogens is 3. The van der Waals surface area contributed by atoms with E-state index in [1.54, 1.807) is 12.3 Å². The van der Waals surface area contributed by atoms with E-state index < -0.39 is 11.7 Å². The van der Waals surface area contributed by atoms with Gasteiger partial charge in [-0.15, -0.1) is 0 Å². The quantitative estimate of drug-likeness (QED) is 0.428. The molecular formula is C32H32F3N5O3. The number of benzene rings is 2. The van der Waals surface area contributed by atoms with Gasteiger partial charge < -0.3 is 19.7 Å². The topological polar surface area (TPSA) is 79.3 Å². The Morgan fingerprint density at radius 3 is 2.72 bits per heavy atom. The Morgan fingerprint density at radius 2 is 1.91 bits per heavy atom. The third-order valence-electron chi connectivity index (χ3n) is 8.69. The average molecular weight is 592 g/mol. The maximum absolute atomic E-state index is 14.2. The van der Waals surface area contributed by atoms with Crippen LogP contribution in [-0.2, 0) is 36.8 Å². The smallest absolute Gasteiger partial charge is 0.418 e. The van der Waals surface area contributed by atoms with Gasteiger partial charge in [0, 0.05) is 69.0 Å². The zero-order valence-corrected chi connectivity index (χ0v) is 23.8. The number of aliphatic imine (C=N–C) groups is 1. The van der Waals surface area contributed by atoms with Crippen LogP contribution < -0.4 is 14.8 Å². The molecule has 1 fully saturated rings. The van der Waals surface area contributed by atoms with E-state index in [1.165, 1.54) is 6.07 Å². The molecule has 4 aliphatic heterocycles. The van der Waals surface area contributed by atoms with E-state index in [1.807, 2.05) is 24.3 Å². The number of aromatic nitrogens is 1. The molecule has 1 unspecified atom stereocenters. The first-order chi connectivity index (χ1) is 20.7. The molecule has 0 aliphatic carbocycles. The fourth-order valence-electron chi connectivity index (χ4n) is 6.34. The van der Waals surface area contributed by atoms with Gasteiger partial charge in [-0.1, -0.05) is 6.07 Å². The third-order valence-corrected chi connectivity index (χ3v) is 8.69. The summed E-state index contributed by atoms with van der Waals surface area (Å²) in [5.41, 5.74) is 3.17. The van der Waals surface area contributed by atoms with Crippen LogP contribution in [0.3, 0.4) is 0 Å². The van der Waals surface area contributed by atoms with Gasteiger partial charge in [0.1, 0.15) is 23.1 Å². The molecule has 7 rings (SSSR count). The summed E-state index contributed by atoms with van der Waals surface area (Å²) in [5.74, 6) is 2.26. The molecule has 0 saturated carbocycles. The van der Waals surface area contributed by atoms with Crippen LogP contribution in [0.1, 0.15) is 34.2 Å². The standard InChI is InChI=1S/C32H32F3N5O3/c1-39-8-10-40(11-9-39)17-19-12-21-16-26(37-30(21)25(13-19)32(33,34)35)22-14-20-15-23(2-4-27(20)42-18-22)43-28-6-7-36-31-24(28)3-5-29(41)38-31/h2,4,6-7,12-13,15,22H,3,5,8-11,14,16-18H2,1H3,(H,36,38,41). The van der Waals surface area contributed by atoms with Crippen LogP contribution in [0.25, 0.3) is 0 Å². The van der Waals surface area contributed by atoms with Gasteiger partial charge >= 0.3 is 6.18 Å². The van der Waals surface area contributed by atoms with E-state index in [0.29, 0.717) is 73.0 Å². The van der Waals surface area contributed by atoms with E-state index in [2.05, 4.69) is 32.1 Å². The zero-order valence-electron chi connectivity index (χ0n) is 23.8. The van der Waals surface area contributed by atoms with Crippen LogP contribution in [0.15, 0.2) is 47.6 Å². The van der Waals surface area contributed by atoms with Crippen LogP contribution in [0.4, 0.5) is 24.7 Å². The fourth-order valence-corrected chi connectivity index (χ4v) is 6.34. The monoisotopic (exact) mass is 591 g/mol. The lowest BCUT2D eigenvalue weighted by Crippen LogP contribution is -2.43. The molecule has 0 spiro atoms. The van der Waals surface area contributed by atoms with E-state index >= 15 is 0 Å². The van der Waals surface area contributed by atoms with Crippen molar-refractivity contribution in [2.75, 3.05) is 45.2 Å². The summed E-state index contributed by atoms with van der Waals surface area (Å²) in [6.07, 6.45) is -1.02. The minimum atomic E-state index is -4.49. The van der Waals surface area contributed by atoms with Crippen molar-refractivity contribution in [1.29, 1.82) is 0 Å². The SMILES string of the molecule is CN1CCN(Cc2cc3c(c(C(F)(F)F)c2)N=C(C2COc4ccc(Oc5ccnc6c5CCC(=O)N6)cc4C2)C3)CC1. The normalized spacial score (nSPS) is 20.4. The average Bonchev–Trinajstić information content (AvgIpc) is 3.41. The zero-order chi connectivity index (χ0) is 29.7. The van der Waals surface area contributed by atoms with Crippen molar-refractivity contribution in [2.24, 2.45) is 10.9 Å². The van der Waals surface area contributed by atoms with Gasteiger partial charge in [-0.3, -0.25) is 14.7 Å². The number of anilines is 1. The highest BCUT2D eigenvalue weighted by atomic mass is 19.4. The highest BCUT2D eigenvalue weighted by Gasteiger charge is 2.38.